The molecule has 0 N–H and O–H groups in total. The minimum atomic E-state index is -3.87. The van der Waals surface area contributed by atoms with Crippen LogP contribution in [0.15, 0.2) is 71.6 Å². The highest BCUT2D eigenvalue weighted by atomic mass is 32.2. The fourth-order valence-corrected chi connectivity index (χ4v) is 16.1. The molecular weight excluding hydrogens is 733 g/mol. The number of hydrogen-bond acceptors (Lipinski definition) is 8. The van der Waals surface area contributed by atoms with Crippen LogP contribution < -0.4 is 9.64 Å². The SMILES string of the molecule is COCCCN1C(=O)COc2ccc(CC[C@H]3CN(S(=O)(=O)c4ccc(C)cc4)C[C@@H](O[Si](C(C)C)(C(C)C)C(C)C)[C@@H]3c3ccc(C(=O)OC)cc3)cc21. The lowest BCUT2D eigenvalue weighted by molar-refractivity contribution is -0.121. The van der Waals surface area contributed by atoms with E-state index in [0.29, 0.717) is 50.3 Å². The highest BCUT2D eigenvalue weighted by Gasteiger charge is 2.51. The first-order chi connectivity index (χ1) is 26.1. The summed E-state index contributed by atoms with van der Waals surface area (Å²) < 4.78 is 54.4. The smallest absolute Gasteiger partial charge is 0.337 e. The molecule has 0 bridgehead atoms. The van der Waals surface area contributed by atoms with Crippen molar-refractivity contribution in [1.82, 2.24) is 4.31 Å². The molecule has 2 aliphatic rings. The molecule has 3 aromatic carbocycles. The molecule has 3 aromatic rings. The van der Waals surface area contributed by atoms with Gasteiger partial charge in [0.15, 0.2) is 6.61 Å². The quantitative estimate of drug-likeness (QED) is 0.0813. The summed E-state index contributed by atoms with van der Waals surface area (Å²) >= 11 is 0. The monoisotopic (exact) mass is 792 g/mol. The maximum absolute atomic E-state index is 14.5. The highest BCUT2D eigenvalue weighted by Crippen LogP contribution is 2.48. The van der Waals surface area contributed by atoms with Crippen LogP contribution in [0.4, 0.5) is 5.69 Å². The fraction of sp³-hybridized carbons (Fsp3) is 0.535. The molecule has 300 valence electrons. The second kappa shape index (κ2) is 18.1. The number of nitrogens with zero attached hydrogens (tertiary/aromatic N) is 2. The molecule has 10 nitrogen and oxygen atoms in total. The Hall–Kier alpha value is -3.55. The van der Waals surface area contributed by atoms with Gasteiger partial charge in [0.2, 0.25) is 18.3 Å². The summed E-state index contributed by atoms with van der Waals surface area (Å²) in [6, 6.07) is 20.6. The standard InChI is InChI=1S/C43H60N2O8SSi/c1-29(2)55(30(3)4,31(5)6)53-40-27-44(54(48,49)37-20-11-32(7)12-21-37)26-36(42(40)34-16-18-35(19-17-34)43(47)51-9)15-13-33-14-22-39-38(25-33)45(23-10-24-50-8)41(46)28-52-39/h11-12,14,16-22,25,29-31,36,40,42H,10,13,15,23-24,26-28H2,1-9H3/t36-,40+,42+/m0/s1. The predicted molar refractivity (Wildman–Crippen MR) is 219 cm³/mol. The molecule has 0 spiro atoms. The number of amides is 1. The van der Waals surface area contributed by atoms with E-state index in [1.54, 1.807) is 40.6 Å². The van der Waals surface area contributed by atoms with E-state index in [-0.39, 0.29) is 52.4 Å². The number of rotatable bonds is 16. The summed E-state index contributed by atoms with van der Waals surface area (Å²) in [7, 11) is -3.37. The molecule has 1 saturated heterocycles. The van der Waals surface area contributed by atoms with Gasteiger partial charge in [0.05, 0.1) is 29.4 Å². The van der Waals surface area contributed by atoms with E-state index in [9.17, 15) is 18.0 Å². The van der Waals surface area contributed by atoms with Crippen molar-refractivity contribution in [3.05, 3.63) is 89.0 Å². The number of piperidine rings is 1. The van der Waals surface area contributed by atoms with Gasteiger partial charge in [-0.15, -0.1) is 0 Å². The lowest BCUT2D eigenvalue weighted by Crippen LogP contribution is -2.58. The van der Waals surface area contributed by atoms with Crippen molar-refractivity contribution in [2.75, 3.05) is 52.0 Å². The van der Waals surface area contributed by atoms with Gasteiger partial charge in [-0.25, -0.2) is 13.2 Å². The maximum Gasteiger partial charge on any atom is 0.337 e. The normalized spacial score (nSPS) is 19.5. The third-order valence-electron chi connectivity index (χ3n) is 11.7. The van der Waals surface area contributed by atoms with Gasteiger partial charge < -0.3 is 23.5 Å². The Balaban J connectivity index is 1.59. The maximum atomic E-state index is 14.5. The number of carbonyl (C=O) groups excluding carboxylic acids is 2. The number of hydrogen-bond donors (Lipinski definition) is 0. The van der Waals surface area contributed by atoms with Crippen molar-refractivity contribution in [2.24, 2.45) is 5.92 Å². The lowest BCUT2D eigenvalue weighted by atomic mass is 9.76. The summed E-state index contributed by atoms with van der Waals surface area (Å²) in [5, 5.41) is 0. The number of benzene rings is 3. The topological polar surface area (TPSA) is 112 Å². The molecule has 0 aromatic heterocycles. The van der Waals surface area contributed by atoms with Crippen molar-refractivity contribution in [1.29, 1.82) is 0 Å². The molecular formula is C43H60N2O8SSi. The zero-order chi connectivity index (χ0) is 40.1. The largest absolute Gasteiger partial charge is 0.482 e. The molecule has 0 unspecified atom stereocenters. The van der Waals surface area contributed by atoms with E-state index in [1.165, 1.54) is 7.11 Å². The summed E-state index contributed by atoms with van der Waals surface area (Å²) in [6.07, 6.45) is 1.55. The van der Waals surface area contributed by atoms with Gasteiger partial charge in [-0.05, 0) is 96.3 Å². The molecule has 1 fully saturated rings. The predicted octanol–water partition coefficient (Wildman–Crippen LogP) is 8.14. The lowest BCUT2D eigenvalue weighted by Gasteiger charge is -2.50. The molecule has 0 aliphatic carbocycles. The van der Waals surface area contributed by atoms with Gasteiger partial charge in [0.1, 0.15) is 5.75 Å². The highest BCUT2D eigenvalue weighted by molar-refractivity contribution is 7.89. The van der Waals surface area contributed by atoms with Crippen LogP contribution in [-0.2, 0) is 35.1 Å². The average Bonchev–Trinajstić information content (AvgIpc) is 3.16. The first kappa shape index (κ1) is 42.6. The van der Waals surface area contributed by atoms with E-state index in [1.807, 2.05) is 49.4 Å². The Morgan fingerprint density at radius 1 is 0.909 bits per heavy atom. The van der Waals surface area contributed by atoms with Gasteiger partial charge in [-0.2, -0.15) is 4.31 Å². The summed E-state index contributed by atoms with van der Waals surface area (Å²) in [5.41, 5.74) is 5.07. The number of methoxy groups -OCH3 is 2. The number of sulfonamides is 1. The molecule has 12 heteroatoms. The molecule has 5 rings (SSSR count). The van der Waals surface area contributed by atoms with Crippen LogP contribution in [0.2, 0.25) is 16.6 Å². The van der Waals surface area contributed by atoms with Crippen molar-refractivity contribution < 1.29 is 36.6 Å². The Morgan fingerprint density at radius 3 is 2.16 bits per heavy atom. The van der Waals surface area contributed by atoms with E-state index >= 15 is 0 Å². The zero-order valence-corrected chi connectivity index (χ0v) is 35.9. The summed E-state index contributed by atoms with van der Waals surface area (Å²) in [5.74, 6) is -0.135. The molecule has 2 heterocycles. The molecule has 3 atom stereocenters. The minimum Gasteiger partial charge on any atom is -0.482 e. The number of aryl methyl sites for hydroxylation is 2. The molecule has 1 amide bonds. The Morgan fingerprint density at radius 2 is 1.56 bits per heavy atom. The number of esters is 1. The van der Waals surface area contributed by atoms with Crippen LogP contribution in [0.1, 0.15) is 87.4 Å². The van der Waals surface area contributed by atoms with Gasteiger partial charge >= 0.3 is 5.97 Å². The van der Waals surface area contributed by atoms with Gasteiger partial charge in [0, 0.05) is 39.3 Å². The van der Waals surface area contributed by atoms with E-state index in [2.05, 4.69) is 41.5 Å². The Bertz CT molecular complexity index is 1860. The van der Waals surface area contributed by atoms with Crippen LogP contribution in [0, 0.1) is 12.8 Å². The van der Waals surface area contributed by atoms with E-state index in [0.717, 1.165) is 22.4 Å². The van der Waals surface area contributed by atoms with Crippen LogP contribution in [0.5, 0.6) is 5.75 Å². The number of carbonyl (C=O) groups is 2. The minimum absolute atomic E-state index is 0.00152. The van der Waals surface area contributed by atoms with Crippen molar-refractivity contribution in [2.45, 2.75) is 101 Å². The first-order valence-electron chi connectivity index (χ1n) is 19.6. The van der Waals surface area contributed by atoms with Gasteiger partial charge in [0.25, 0.3) is 5.91 Å². The second-order valence-electron chi connectivity index (χ2n) is 16.0. The number of fused-ring (bicyclic) bond motifs is 1. The molecule has 2 aliphatic heterocycles. The second-order valence-corrected chi connectivity index (χ2v) is 23.4. The third kappa shape index (κ3) is 9.20. The number of anilines is 1. The van der Waals surface area contributed by atoms with Crippen LogP contribution in [0.3, 0.4) is 0 Å². The van der Waals surface area contributed by atoms with Gasteiger partial charge in [-0.1, -0.05) is 77.4 Å². The average molecular weight is 793 g/mol. The summed E-state index contributed by atoms with van der Waals surface area (Å²) in [4.78, 5) is 27.5. The van der Waals surface area contributed by atoms with Gasteiger partial charge in [-0.3, -0.25) is 4.79 Å². The van der Waals surface area contributed by atoms with Crippen molar-refractivity contribution in [3.8, 4) is 5.75 Å². The van der Waals surface area contributed by atoms with Crippen LogP contribution >= 0.6 is 0 Å². The molecule has 55 heavy (non-hydrogen) atoms. The number of ether oxygens (including phenoxy) is 3. The Kier molecular flexibility index (Phi) is 14.0. The zero-order valence-electron chi connectivity index (χ0n) is 34.0. The fourth-order valence-electron chi connectivity index (χ4n) is 8.99. The first-order valence-corrected chi connectivity index (χ1v) is 23.2. The van der Waals surface area contributed by atoms with Crippen LogP contribution in [0.25, 0.3) is 0 Å². The summed E-state index contributed by atoms with van der Waals surface area (Å²) in [6.45, 7) is 17.0. The Labute approximate surface area is 329 Å². The molecule has 0 saturated carbocycles. The van der Waals surface area contributed by atoms with Crippen LogP contribution in [-0.4, -0.2) is 86.1 Å². The van der Waals surface area contributed by atoms with E-state index in [4.69, 9.17) is 18.6 Å². The van der Waals surface area contributed by atoms with Crippen molar-refractivity contribution >= 4 is 35.9 Å². The molecule has 0 radical (unpaired) electrons. The third-order valence-corrected chi connectivity index (χ3v) is 19.6. The van der Waals surface area contributed by atoms with E-state index < -0.39 is 30.4 Å². The van der Waals surface area contributed by atoms with Crippen molar-refractivity contribution in [3.63, 3.8) is 0 Å².